The van der Waals surface area contributed by atoms with Crippen molar-refractivity contribution in [2.45, 2.75) is 19.1 Å². The van der Waals surface area contributed by atoms with Gasteiger partial charge in [0, 0.05) is 19.6 Å². The predicted molar refractivity (Wildman–Crippen MR) is 125 cm³/mol. The van der Waals surface area contributed by atoms with Gasteiger partial charge in [-0.2, -0.15) is 0 Å². The molecule has 1 aliphatic rings. The summed E-state index contributed by atoms with van der Waals surface area (Å²) in [4.78, 5) is 2.48. The second-order valence-electron chi connectivity index (χ2n) is 7.53. The molecule has 30 heavy (non-hydrogen) atoms. The fourth-order valence-electron chi connectivity index (χ4n) is 3.96. The molecule has 3 aromatic carbocycles. The minimum absolute atomic E-state index is 0.0244. The van der Waals surface area contributed by atoms with Crippen LogP contribution in [-0.4, -0.2) is 31.1 Å². The monoisotopic (exact) mass is 440 g/mol. The topological polar surface area (TPSA) is 24.5 Å². The number of hydrogen-bond acceptors (Lipinski definition) is 3. The Balaban J connectivity index is 1.65. The van der Waals surface area contributed by atoms with E-state index in [2.05, 4.69) is 46.6 Å². The van der Waals surface area contributed by atoms with Gasteiger partial charge in [-0.05, 0) is 47.9 Å². The first-order chi connectivity index (χ1) is 14.7. The molecule has 3 nitrogen and oxygen atoms in total. The SMILES string of the molecule is Clc1cccc(C(c2cccc(OCc3ccccc3)c2)N2CCCNCC2)c1Cl. The molecule has 0 bridgehead atoms. The first kappa shape index (κ1) is 21.2. The van der Waals surface area contributed by atoms with E-state index in [0.29, 0.717) is 16.7 Å². The van der Waals surface area contributed by atoms with E-state index in [4.69, 9.17) is 27.9 Å². The molecule has 1 fully saturated rings. The highest BCUT2D eigenvalue weighted by Gasteiger charge is 2.26. The molecule has 5 heteroatoms. The number of rotatable bonds is 6. The lowest BCUT2D eigenvalue weighted by atomic mass is 9.96. The Labute approximate surface area is 188 Å². The number of halogens is 2. The normalized spacial score (nSPS) is 16.1. The number of nitrogens with one attached hydrogen (secondary N) is 1. The molecule has 1 saturated heterocycles. The summed E-state index contributed by atoms with van der Waals surface area (Å²) in [6, 6.07) is 24.5. The second-order valence-corrected chi connectivity index (χ2v) is 8.32. The average Bonchev–Trinajstić information content (AvgIpc) is 3.06. The fraction of sp³-hybridized carbons (Fsp3) is 0.280. The van der Waals surface area contributed by atoms with E-state index in [1.165, 1.54) is 0 Å². The highest BCUT2D eigenvalue weighted by Crippen LogP contribution is 2.38. The van der Waals surface area contributed by atoms with Gasteiger partial charge in [0.15, 0.2) is 0 Å². The van der Waals surface area contributed by atoms with E-state index < -0.39 is 0 Å². The summed E-state index contributed by atoms with van der Waals surface area (Å²) in [6.45, 7) is 4.48. The van der Waals surface area contributed by atoms with Crippen LogP contribution in [0.25, 0.3) is 0 Å². The maximum absolute atomic E-state index is 6.67. The van der Waals surface area contributed by atoms with Crippen LogP contribution in [0.2, 0.25) is 10.0 Å². The lowest BCUT2D eigenvalue weighted by Crippen LogP contribution is -2.33. The summed E-state index contributed by atoms with van der Waals surface area (Å²) in [5.74, 6) is 0.854. The van der Waals surface area contributed by atoms with Crippen LogP contribution in [0, 0.1) is 0 Å². The maximum atomic E-state index is 6.67. The number of benzene rings is 3. The molecular weight excluding hydrogens is 415 g/mol. The van der Waals surface area contributed by atoms with Crippen LogP contribution in [-0.2, 0) is 6.61 Å². The van der Waals surface area contributed by atoms with Crippen LogP contribution in [0.15, 0.2) is 72.8 Å². The molecule has 0 aromatic heterocycles. The van der Waals surface area contributed by atoms with Crippen molar-refractivity contribution in [2.24, 2.45) is 0 Å². The van der Waals surface area contributed by atoms with Gasteiger partial charge >= 0.3 is 0 Å². The van der Waals surface area contributed by atoms with E-state index >= 15 is 0 Å². The minimum Gasteiger partial charge on any atom is -0.489 e. The third-order valence-corrected chi connectivity index (χ3v) is 6.27. The van der Waals surface area contributed by atoms with E-state index in [-0.39, 0.29) is 6.04 Å². The molecule has 1 heterocycles. The first-order valence-electron chi connectivity index (χ1n) is 10.4. The molecule has 0 radical (unpaired) electrons. The Morgan fingerprint density at radius 1 is 0.900 bits per heavy atom. The fourth-order valence-corrected chi connectivity index (χ4v) is 4.37. The Kier molecular flexibility index (Phi) is 7.29. The average molecular weight is 441 g/mol. The third kappa shape index (κ3) is 5.16. The van der Waals surface area contributed by atoms with Crippen molar-refractivity contribution in [3.05, 3.63) is 99.5 Å². The van der Waals surface area contributed by atoms with Crippen LogP contribution in [0.3, 0.4) is 0 Å². The summed E-state index contributed by atoms with van der Waals surface area (Å²) in [6.07, 6.45) is 1.10. The summed E-state index contributed by atoms with van der Waals surface area (Å²) < 4.78 is 6.09. The summed E-state index contributed by atoms with van der Waals surface area (Å²) in [7, 11) is 0. The quantitative estimate of drug-likeness (QED) is 0.511. The van der Waals surface area contributed by atoms with Gasteiger partial charge < -0.3 is 10.1 Å². The number of nitrogens with zero attached hydrogens (tertiary/aromatic N) is 1. The van der Waals surface area contributed by atoms with E-state index in [1.807, 2.05) is 36.4 Å². The van der Waals surface area contributed by atoms with Gasteiger partial charge in [-0.1, -0.05) is 77.8 Å². The van der Waals surface area contributed by atoms with Crippen LogP contribution in [0.1, 0.15) is 29.2 Å². The van der Waals surface area contributed by atoms with Crippen LogP contribution in [0.4, 0.5) is 0 Å². The largest absolute Gasteiger partial charge is 0.489 e. The Morgan fingerprint density at radius 2 is 1.73 bits per heavy atom. The van der Waals surface area contributed by atoms with Gasteiger partial charge in [-0.25, -0.2) is 0 Å². The van der Waals surface area contributed by atoms with E-state index in [1.54, 1.807) is 0 Å². The smallest absolute Gasteiger partial charge is 0.120 e. The molecule has 1 N–H and O–H groups in total. The van der Waals surface area contributed by atoms with Gasteiger partial charge in [0.05, 0.1) is 16.1 Å². The third-order valence-electron chi connectivity index (χ3n) is 5.44. The molecular formula is C25H26Cl2N2O. The maximum Gasteiger partial charge on any atom is 0.120 e. The van der Waals surface area contributed by atoms with Crippen molar-refractivity contribution in [3.63, 3.8) is 0 Å². The summed E-state index contributed by atoms with van der Waals surface area (Å²) >= 11 is 13.1. The molecule has 1 atom stereocenters. The zero-order valence-electron chi connectivity index (χ0n) is 16.9. The molecule has 3 aromatic rings. The van der Waals surface area contributed by atoms with Crippen molar-refractivity contribution in [3.8, 4) is 5.75 Å². The van der Waals surface area contributed by atoms with Crippen molar-refractivity contribution >= 4 is 23.2 Å². The van der Waals surface area contributed by atoms with Gasteiger partial charge in [0.25, 0.3) is 0 Å². The Morgan fingerprint density at radius 3 is 2.60 bits per heavy atom. The zero-order chi connectivity index (χ0) is 20.8. The molecule has 0 spiro atoms. The van der Waals surface area contributed by atoms with E-state index in [0.717, 1.165) is 55.0 Å². The molecule has 0 saturated carbocycles. The Bertz CT molecular complexity index is 956. The Hall–Kier alpha value is -2.04. The number of hydrogen-bond donors (Lipinski definition) is 1. The van der Waals surface area contributed by atoms with Gasteiger partial charge in [0.2, 0.25) is 0 Å². The van der Waals surface area contributed by atoms with Gasteiger partial charge in [-0.15, -0.1) is 0 Å². The molecule has 156 valence electrons. The highest BCUT2D eigenvalue weighted by atomic mass is 35.5. The summed E-state index contributed by atoms with van der Waals surface area (Å²) in [5, 5.41) is 4.69. The lowest BCUT2D eigenvalue weighted by molar-refractivity contribution is 0.240. The molecule has 0 amide bonds. The number of ether oxygens (including phenoxy) is 1. The van der Waals surface area contributed by atoms with Crippen molar-refractivity contribution < 1.29 is 4.74 Å². The first-order valence-corrected chi connectivity index (χ1v) is 11.1. The van der Waals surface area contributed by atoms with Crippen molar-refractivity contribution in [2.75, 3.05) is 26.2 Å². The van der Waals surface area contributed by atoms with E-state index in [9.17, 15) is 0 Å². The van der Waals surface area contributed by atoms with Crippen LogP contribution < -0.4 is 10.1 Å². The van der Waals surface area contributed by atoms with Gasteiger partial charge in [-0.3, -0.25) is 4.90 Å². The lowest BCUT2D eigenvalue weighted by Gasteiger charge is -2.32. The van der Waals surface area contributed by atoms with Crippen molar-refractivity contribution in [1.29, 1.82) is 0 Å². The molecule has 0 aliphatic carbocycles. The summed E-state index contributed by atoms with van der Waals surface area (Å²) in [5.41, 5.74) is 3.34. The van der Waals surface area contributed by atoms with Crippen molar-refractivity contribution in [1.82, 2.24) is 10.2 Å². The molecule has 4 rings (SSSR count). The van der Waals surface area contributed by atoms with Crippen LogP contribution >= 0.6 is 23.2 Å². The van der Waals surface area contributed by atoms with Gasteiger partial charge in [0.1, 0.15) is 12.4 Å². The standard InChI is InChI=1S/C25H26Cl2N2O/c26-23-12-5-11-22(24(23)27)25(29-15-6-13-28-14-16-29)20-9-4-10-21(17-20)30-18-19-7-2-1-3-8-19/h1-5,7-12,17,25,28H,6,13-16,18H2. The van der Waals surface area contributed by atoms with Crippen LogP contribution in [0.5, 0.6) is 5.75 Å². The molecule has 1 unspecified atom stereocenters. The predicted octanol–water partition coefficient (Wildman–Crippen LogP) is 5.96. The second kappa shape index (κ2) is 10.3. The zero-order valence-corrected chi connectivity index (χ0v) is 18.4. The molecule has 1 aliphatic heterocycles. The minimum atomic E-state index is 0.0244. The highest BCUT2D eigenvalue weighted by molar-refractivity contribution is 6.42.